The van der Waals surface area contributed by atoms with Crippen LogP contribution in [0.4, 0.5) is 0 Å². The third-order valence-electron chi connectivity index (χ3n) is 5.98. The van der Waals surface area contributed by atoms with Crippen molar-refractivity contribution < 1.29 is 14.3 Å². The molecule has 4 rings (SSSR count). The van der Waals surface area contributed by atoms with Gasteiger partial charge in [0.15, 0.2) is 0 Å². The van der Waals surface area contributed by atoms with Gasteiger partial charge in [-0.05, 0) is 61.9 Å². The van der Waals surface area contributed by atoms with Gasteiger partial charge in [-0.25, -0.2) is 0 Å². The lowest BCUT2D eigenvalue weighted by atomic mass is 9.97. The zero-order valence-electron chi connectivity index (χ0n) is 18.3. The van der Waals surface area contributed by atoms with Crippen LogP contribution in [-0.4, -0.2) is 28.4 Å². The molecular formula is C26H27ClN2O4. The number of aromatic nitrogens is 1. The first kappa shape index (κ1) is 23.1. The second kappa shape index (κ2) is 10.7. The summed E-state index contributed by atoms with van der Waals surface area (Å²) in [5, 5.41) is 3.39. The molecule has 0 saturated heterocycles. The van der Waals surface area contributed by atoms with Gasteiger partial charge in [-0.2, -0.15) is 0 Å². The Labute approximate surface area is 197 Å². The number of hydrogen-bond donors (Lipinski definition) is 1. The number of nitrogens with one attached hydrogen (secondary N) is 1. The van der Waals surface area contributed by atoms with E-state index in [1.54, 1.807) is 24.4 Å². The molecule has 0 aliphatic heterocycles. The quantitative estimate of drug-likeness (QED) is 0.518. The summed E-state index contributed by atoms with van der Waals surface area (Å²) in [4.78, 5) is 38.6. The van der Waals surface area contributed by atoms with Gasteiger partial charge in [0.2, 0.25) is 0 Å². The third-order valence-corrected chi connectivity index (χ3v) is 6.22. The normalized spacial score (nSPS) is 15.2. The maximum atomic E-state index is 13.0. The zero-order chi connectivity index (χ0) is 23.2. The lowest BCUT2D eigenvalue weighted by Crippen LogP contribution is -2.41. The lowest BCUT2D eigenvalue weighted by molar-refractivity contribution is -0.151. The van der Waals surface area contributed by atoms with Crippen molar-refractivity contribution in [2.45, 2.75) is 57.1 Å². The Morgan fingerprint density at radius 3 is 2.58 bits per heavy atom. The highest BCUT2D eigenvalue weighted by Crippen LogP contribution is 2.21. The first-order valence-electron chi connectivity index (χ1n) is 11.3. The smallest absolute Gasteiger partial charge is 0.308 e. The molecule has 2 heterocycles. The average molecular weight is 467 g/mol. The Kier molecular flexibility index (Phi) is 7.45. The van der Waals surface area contributed by atoms with E-state index in [4.69, 9.17) is 16.3 Å². The largest absolute Gasteiger partial charge is 0.462 e. The summed E-state index contributed by atoms with van der Waals surface area (Å²) in [6.07, 6.45) is 7.08. The molecular weight excluding hydrogens is 440 g/mol. The number of halogens is 1. The number of esters is 1. The number of pyridine rings is 2. The van der Waals surface area contributed by atoms with Gasteiger partial charge in [0.05, 0.1) is 11.9 Å². The molecule has 3 aromatic rings. The second-order valence-corrected chi connectivity index (χ2v) is 8.94. The van der Waals surface area contributed by atoms with Crippen LogP contribution < -0.4 is 10.9 Å². The van der Waals surface area contributed by atoms with E-state index in [1.807, 2.05) is 30.3 Å². The molecule has 1 unspecified atom stereocenters. The van der Waals surface area contributed by atoms with Gasteiger partial charge in [0.1, 0.15) is 11.7 Å². The van der Waals surface area contributed by atoms with Gasteiger partial charge < -0.3 is 10.1 Å². The summed E-state index contributed by atoms with van der Waals surface area (Å²) in [5.74, 6) is -0.844. The van der Waals surface area contributed by atoms with Gasteiger partial charge in [-0.1, -0.05) is 48.4 Å². The fourth-order valence-electron chi connectivity index (χ4n) is 4.30. The molecule has 0 radical (unpaired) electrons. The zero-order valence-corrected chi connectivity index (χ0v) is 19.1. The number of rotatable bonds is 7. The standard InChI is InChI=1S/C26H27ClN2O4/c27-19-13-14-29-21(16-19)11-12-23(26(29)32)25(31)28-20(15-18-7-3-1-4-8-18)17-24(30)33-22-9-5-2-6-10-22/h1,3-4,7-8,11-14,16,20,22H,2,5-6,9-10,15,17H2,(H,28,31). The summed E-state index contributed by atoms with van der Waals surface area (Å²) < 4.78 is 7.05. The predicted molar refractivity (Wildman–Crippen MR) is 128 cm³/mol. The van der Waals surface area contributed by atoms with Crippen LogP contribution >= 0.6 is 11.6 Å². The Balaban J connectivity index is 1.51. The summed E-state index contributed by atoms with van der Waals surface area (Å²) in [6.45, 7) is 0. The number of amides is 1. The number of ether oxygens (including phenoxy) is 1. The van der Waals surface area contributed by atoms with E-state index in [1.165, 1.54) is 16.9 Å². The van der Waals surface area contributed by atoms with Crippen molar-refractivity contribution >= 4 is 29.0 Å². The number of carbonyl (C=O) groups is 2. The maximum absolute atomic E-state index is 13.0. The number of nitrogens with zero attached hydrogens (tertiary/aromatic N) is 1. The van der Waals surface area contributed by atoms with Crippen LogP contribution in [0.3, 0.4) is 0 Å². The van der Waals surface area contributed by atoms with Crippen molar-refractivity contribution in [1.82, 2.24) is 9.72 Å². The first-order chi connectivity index (χ1) is 16.0. The Morgan fingerprint density at radius 1 is 1.06 bits per heavy atom. The van der Waals surface area contributed by atoms with Crippen molar-refractivity contribution in [2.75, 3.05) is 0 Å². The molecule has 1 aromatic carbocycles. The molecule has 2 aromatic heterocycles. The van der Waals surface area contributed by atoms with Crippen LogP contribution in [0, 0.1) is 0 Å². The topological polar surface area (TPSA) is 76.9 Å². The van der Waals surface area contributed by atoms with Gasteiger partial charge in [-0.3, -0.25) is 18.8 Å². The Hall–Kier alpha value is -3.12. The monoisotopic (exact) mass is 466 g/mol. The molecule has 1 atom stereocenters. The van der Waals surface area contributed by atoms with Gasteiger partial charge in [0, 0.05) is 17.3 Å². The van der Waals surface area contributed by atoms with Crippen LogP contribution in [0.2, 0.25) is 5.02 Å². The molecule has 1 aliphatic rings. The van der Waals surface area contributed by atoms with E-state index in [0.29, 0.717) is 17.0 Å². The van der Waals surface area contributed by atoms with Crippen molar-refractivity contribution in [3.63, 3.8) is 0 Å². The van der Waals surface area contributed by atoms with Crippen LogP contribution in [0.5, 0.6) is 0 Å². The average Bonchev–Trinajstić information content (AvgIpc) is 2.80. The van der Waals surface area contributed by atoms with E-state index in [0.717, 1.165) is 31.2 Å². The fraction of sp³-hybridized carbons (Fsp3) is 0.346. The van der Waals surface area contributed by atoms with E-state index < -0.39 is 17.5 Å². The second-order valence-electron chi connectivity index (χ2n) is 8.51. The molecule has 0 bridgehead atoms. The SMILES string of the molecule is O=C(CC(Cc1ccccc1)NC(=O)c1ccc2cc(Cl)ccn2c1=O)OC1CCCCC1. The molecule has 1 aliphatic carbocycles. The molecule has 1 fully saturated rings. The molecule has 1 amide bonds. The van der Waals surface area contributed by atoms with Crippen molar-refractivity contribution in [3.8, 4) is 0 Å². The highest BCUT2D eigenvalue weighted by molar-refractivity contribution is 6.30. The molecule has 1 N–H and O–H groups in total. The number of carbonyl (C=O) groups excluding carboxylic acids is 2. The van der Waals surface area contributed by atoms with E-state index >= 15 is 0 Å². The number of hydrogen-bond acceptors (Lipinski definition) is 4. The summed E-state index contributed by atoms with van der Waals surface area (Å²) in [5.41, 5.74) is 1.15. The van der Waals surface area contributed by atoms with Gasteiger partial charge in [0.25, 0.3) is 11.5 Å². The molecule has 33 heavy (non-hydrogen) atoms. The highest BCUT2D eigenvalue weighted by atomic mass is 35.5. The van der Waals surface area contributed by atoms with Gasteiger partial charge in [-0.15, -0.1) is 0 Å². The van der Waals surface area contributed by atoms with Crippen molar-refractivity contribution in [2.24, 2.45) is 0 Å². The minimum Gasteiger partial charge on any atom is -0.462 e. The van der Waals surface area contributed by atoms with E-state index in [9.17, 15) is 14.4 Å². The van der Waals surface area contributed by atoms with Crippen LogP contribution in [-0.2, 0) is 16.0 Å². The molecule has 1 saturated carbocycles. The Morgan fingerprint density at radius 2 is 1.82 bits per heavy atom. The van der Waals surface area contributed by atoms with Crippen LogP contribution in [0.15, 0.2) is 65.6 Å². The van der Waals surface area contributed by atoms with E-state index in [-0.39, 0.29) is 24.1 Å². The summed E-state index contributed by atoms with van der Waals surface area (Å²) in [6, 6.07) is 15.5. The molecule has 0 spiro atoms. The summed E-state index contributed by atoms with van der Waals surface area (Å²) in [7, 11) is 0. The lowest BCUT2D eigenvalue weighted by Gasteiger charge is -2.24. The van der Waals surface area contributed by atoms with Gasteiger partial charge >= 0.3 is 5.97 Å². The minimum atomic E-state index is -0.518. The third kappa shape index (κ3) is 6.02. The predicted octanol–water partition coefficient (Wildman–Crippen LogP) is 4.56. The Bertz CT molecular complexity index is 1190. The fourth-order valence-corrected chi connectivity index (χ4v) is 4.47. The van der Waals surface area contributed by atoms with Crippen molar-refractivity contribution in [1.29, 1.82) is 0 Å². The molecule has 172 valence electrons. The van der Waals surface area contributed by atoms with Crippen molar-refractivity contribution in [3.05, 3.63) is 87.3 Å². The van der Waals surface area contributed by atoms with Crippen LogP contribution in [0.25, 0.3) is 5.52 Å². The van der Waals surface area contributed by atoms with Crippen LogP contribution in [0.1, 0.15) is 54.4 Å². The number of fused-ring (bicyclic) bond motifs is 1. The van der Waals surface area contributed by atoms with E-state index in [2.05, 4.69) is 5.32 Å². The first-order valence-corrected chi connectivity index (χ1v) is 11.7. The minimum absolute atomic E-state index is 0.00790. The highest BCUT2D eigenvalue weighted by Gasteiger charge is 2.23. The maximum Gasteiger partial charge on any atom is 0.308 e. The number of benzene rings is 1. The molecule has 7 heteroatoms. The summed E-state index contributed by atoms with van der Waals surface area (Å²) >= 11 is 6.00. The molecule has 6 nitrogen and oxygen atoms in total.